The summed E-state index contributed by atoms with van der Waals surface area (Å²) in [5.41, 5.74) is 3.81. The maximum atomic E-state index is 12.7. The summed E-state index contributed by atoms with van der Waals surface area (Å²) in [6.07, 6.45) is 12.9. The van der Waals surface area contributed by atoms with E-state index in [1.807, 2.05) is 10.7 Å². The highest BCUT2D eigenvalue weighted by Crippen LogP contribution is 2.25. The number of hydrogen-bond donors (Lipinski definition) is 1. The Balaban J connectivity index is 1.62. The molecule has 0 unspecified atom stereocenters. The molecule has 0 spiro atoms. The van der Waals surface area contributed by atoms with Crippen LogP contribution in [-0.2, 0) is 12.8 Å². The summed E-state index contributed by atoms with van der Waals surface area (Å²) < 4.78 is 1.88. The van der Waals surface area contributed by atoms with Crippen molar-refractivity contribution < 1.29 is 4.79 Å². The van der Waals surface area contributed by atoms with Gasteiger partial charge >= 0.3 is 0 Å². The summed E-state index contributed by atoms with van der Waals surface area (Å²) in [6.45, 7) is 2.23. The number of carbonyl (C=O) groups excluding carboxylic acids is 1. The average molecular weight is 312 g/mol. The topological polar surface area (TPSA) is 59.3 Å². The minimum absolute atomic E-state index is 0.0259. The summed E-state index contributed by atoms with van der Waals surface area (Å²) in [5, 5.41) is 7.67. The lowest BCUT2D eigenvalue weighted by molar-refractivity contribution is 0.0912. The van der Waals surface area contributed by atoms with Crippen molar-refractivity contribution in [2.45, 2.75) is 64.3 Å². The first-order valence-corrected chi connectivity index (χ1v) is 8.89. The molecule has 4 rings (SSSR count). The molecule has 1 N–H and O–H groups in total. The largest absolute Gasteiger partial charge is 0.349 e. The lowest BCUT2D eigenvalue weighted by Crippen LogP contribution is -2.41. The molecule has 2 aliphatic carbocycles. The fourth-order valence-electron chi connectivity index (χ4n) is 4.03. The Bertz CT molecular complexity index is 736. The molecule has 0 aliphatic heterocycles. The second-order valence-electron chi connectivity index (χ2n) is 7.07. The van der Waals surface area contributed by atoms with E-state index in [9.17, 15) is 4.79 Å². The number of nitrogens with one attached hydrogen (secondary N) is 1. The molecule has 5 nitrogen and oxygen atoms in total. The maximum absolute atomic E-state index is 12.7. The predicted molar refractivity (Wildman–Crippen MR) is 88.5 cm³/mol. The smallest absolute Gasteiger partial charge is 0.256 e. The van der Waals surface area contributed by atoms with Crippen LogP contribution in [0.4, 0.5) is 0 Å². The minimum atomic E-state index is -0.0259. The zero-order chi connectivity index (χ0) is 15.8. The lowest BCUT2D eigenvalue weighted by atomic mass is 9.86. The Labute approximate surface area is 136 Å². The number of carbonyl (C=O) groups is 1. The molecule has 0 aromatic carbocycles. The monoisotopic (exact) mass is 312 g/mol. The molecule has 2 aliphatic rings. The average Bonchev–Trinajstić information content (AvgIpc) is 3.01. The van der Waals surface area contributed by atoms with Crippen molar-refractivity contribution in [3.8, 4) is 0 Å². The van der Waals surface area contributed by atoms with Crippen molar-refractivity contribution in [3.05, 3.63) is 29.2 Å². The zero-order valence-electron chi connectivity index (χ0n) is 13.7. The van der Waals surface area contributed by atoms with Crippen LogP contribution in [0.3, 0.4) is 0 Å². The Morgan fingerprint density at radius 3 is 2.87 bits per heavy atom. The third-order valence-corrected chi connectivity index (χ3v) is 5.50. The molecule has 2 atom stereocenters. The number of aromatic nitrogens is 3. The van der Waals surface area contributed by atoms with Crippen LogP contribution in [0.25, 0.3) is 5.65 Å². The highest BCUT2D eigenvalue weighted by molar-refractivity contribution is 5.99. The van der Waals surface area contributed by atoms with Gasteiger partial charge in [-0.3, -0.25) is 4.79 Å². The molecule has 0 radical (unpaired) electrons. The van der Waals surface area contributed by atoms with Gasteiger partial charge in [0.05, 0.1) is 6.20 Å². The molecular weight excluding hydrogens is 288 g/mol. The lowest BCUT2D eigenvalue weighted by Gasteiger charge is -2.29. The fraction of sp³-hybridized carbons (Fsp3) is 0.611. The number of aryl methyl sites for hydroxylation is 2. The standard InChI is InChI=1S/C18H24N4O/c1-12-6-2-4-8-15(12)21-18(23)14-11-20-22-16-9-5-3-7-13(16)10-19-17(14)22/h10-12,15H,2-9H2,1H3,(H,21,23)/t12-,15+/m0/s1. The van der Waals surface area contributed by atoms with Gasteiger partial charge in [0.25, 0.3) is 5.91 Å². The van der Waals surface area contributed by atoms with Crippen LogP contribution >= 0.6 is 0 Å². The van der Waals surface area contributed by atoms with Crippen molar-refractivity contribution in [2.24, 2.45) is 5.92 Å². The number of amides is 1. The van der Waals surface area contributed by atoms with Crippen LogP contribution in [0.5, 0.6) is 0 Å². The van der Waals surface area contributed by atoms with Gasteiger partial charge in [0.15, 0.2) is 5.65 Å². The summed E-state index contributed by atoms with van der Waals surface area (Å²) in [6, 6.07) is 0.281. The number of rotatable bonds is 2. The molecule has 1 fully saturated rings. The van der Waals surface area contributed by atoms with E-state index in [0.717, 1.165) is 19.3 Å². The molecule has 0 saturated heterocycles. The van der Waals surface area contributed by atoms with Gasteiger partial charge < -0.3 is 5.32 Å². The van der Waals surface area contributed by atoms with Crippen molar-refractivity contribution in [1.29, 1.82) is 0 Å². The molecular formula is C18H24N4O. The van der Waals surface area contributed by atoms with E-state index >= 15 is 0 Å². The molecule has 5 heteroatoms. The SMILES string of the molecule is C[C@H]1CCCC[C@H]1NC(=O)c1cnn2c3c(cnc12)CCCC3. The Hall–Kier alpha value is -1.91. The van der Waals surface area contributed by atoms with Crippen LogP contribution in [0, 0.1) is 5.92 Å². The Morgan fingerprint density at radius 1 is 1.17 bits per heavy atom. The van der Waals surface area contributed by atoms with E-state index in [0.29, 0.717) is 17.1 Å². The normalized spacial score (nSPS) is 24.4. The van der Waals surface area contributed by atoms with Crippen LogP contribution in [0.15, 0.2) is 12.4 Å². The minimum Gasteiger partial charge on any atom is -0.349 e. The van der Waals surface area contributed by atoms with Crippen molar-refractivity contribution >= 4 is 11.6 Å². The number of nitrogens with zero attached hydrogens (tertiary/aromatic N) is 3. The summed E-state index contributed by atoms with van der Waals surface area (Å²) >= 11 is 0. The molecule has 1 saturated carbocycles. The van der Waals surface area contributed by atoms with E-state index in [2.05, 4.69) is 22.3 Å². The van der Waals surface area contributed by atoms with Gasteiger partial charge in [-0.2, -0.15) is 5.10 Å². The first-order chi connectivity index (χ1) is 11.2. The van der Waals surface area contributed by atoms with Crippen molar-refractivity contribution in [3.63, 3.8) is 0 Å². The van der Waals surface area contributed by atoms with Crippen LogP contribution in [-0.4, -0.2) is 26.5 Å². The highest BCUT2D eigenvalue weighted by Gasteiger charge is 2.25. The fourth-order valence-corrected chi connectivity index (χ4v) is 4.03. The molecule has 23 heavy (non-hydrogen) atoms. The van der Waals surface area contributed by atoms with Gasteiger partial charge in [-0.25, -0.2) is 9.50 Å². The first-order valence-electron chi connectivity index (χ1n) is 8.89. The zero-order valence-corrected chi connectivity index (χ0v) is 13.7. The third-order valence-electron chi connectivity index (χ3n) is 5.50. The third kappa shape index (κ3) is 2.62. The Kier molecular flexibility index (Phi) is 3.79. The molecule has 122 valence electrons. The summed E-state index contributed by atoms with van der Waals surface area (Å²) in [7, 11) is 0. The second-order valence-corrected chi connectivity index (χ2v) is 7.07. The number of fused-ring (bicyclic) bond motifs is 3. The van der Waals surface area contributed by atoms with Gasteiger partial charge in [0.2, 0.25) is 0 Å². The van der Waals surface area contributed by atoms with Gasteiger partial charge in [-0.15, -0.1) is 0 Å². The van der Waals surface area contributed by atoms with Gasteiger partial charge in [0.1, 0.15) is 5.56 Å². The second kappa shape index (κ2) is 5.95. The van der Waals surface area contributed by atoms with Gasteiger partial charge in [-0.05, 0) is 50.0 Å². The van der Waals surface area contributed by atoms with Gasteiger partial charge in [-0.1, -0.05) is 19.8 Å². The maximum Gasteiger partial charge on any atom is 0.256 e. The molecule has 2 aromatic heterocycles. The molecule has 2 aromatic rings. The number of hydrogen-bond acceptors (Lipinski definition) is 3. The van der Waals surface area contributed by atoms with Crippen LogP contribution in [0.1, 0.15) is 67.1 Å². The van der Waals surface area contributed by atoms with Crippen molar-refractivity contribution in [2.75, 3.05) is 0 Å². The van der Waals surface area contributed by atoms with Gasteiger partial charge in [0, 0.05) is 17.9 Å². The van der Waals surface area contributed by atoms with Crippen LogP contribution < -0.4 is 5.32 Å². The molecule has 2 heterocycles. The van der Waals surface area contributed by atoms with E-state index in [4.69, 9.17) is 0 Å². The quantitative estimate of drug-likeness (QED) is 0.927. The summed E-state index contributed by atoms with van der Waals surface area (Å²) in [4.78, 5) is 17.2. The van der Waals surface area contributed by atoms with E-state index in [1.54, 1.807) is 6.20 Å². The summed E-state index contributed by atoms with van der Waals surface area (Å²) in [5.74, 6) is 0.525. The molecule has 1 amide bonds. The van der Waals surface area contributed by atoms with Crippen molar-refractivity contribution in [1.82, 2.24) is 19.9 Å². The molecule has 0 bridgehead atoms. The Morgan fingerprint density at radius 2 is 2.00 bits per heavy atom. The van der Waals surface area contributed by atoms with Crippen LogP contribution in [0.2, 0.25) is 0 Å². The van der Waals surface area contributed by atoms with E-state index in [1.165, 1.54) is 43.4 Å². The predicted octanol–water partition coefficient (Wildman–Crippen LogP) is 2.92. The highest BCUT2D eigenvalue weighted by atomic mass is 16.1. The first kappa shape index (κ1) is 14.7. The van der Waals surface area contributed by atoms with E-state index in [-0.39, 0.29) is 11.9 Å². The van der Waals surface area contributed by atoms with E-state index < -0.39 is 0 Å².